The maximum absolute atomic E-state index is 13.3. The number of methoxy groups -OCH3 is 1. The Morgan fingerprint density at radius 1 is 1.30 bits per heavy atom. The Morgan fingerprint density at radius 3 is 2.82 bits per heavy atom. The first-order chi connectivity index (χ1) is 16.1. The van der Waals surface area contributed by atoms with Crippen molar-refractivity contribution in [3.05, 3.63) is 60.4 Å². The summed E-state index contributed by atoms with van der Waals surface area (Å²) in [6, 6.07) is 3.64. The van der Waals surface area contributed by atoms with Crippen LogP contribution in [-0.2, 0) is 11.2 Å². The van der Waals surface area contributed by atoms with E-state index in [1.54, 1.807) is 37.6 Å². The Kier molecular flexibility index (Phi) is 5.60. The number of hydrogen-bond acceptors (Lipinski definition) is 6. The maximum atomic E-state index is 13.3. The highest BCUT2D eigenvalue weighted by Gasteiger charge is 2.31. The summed E-state index contributed by atoms with van der Waals surface area (Å²) in [4.78, 5) is 30.0. The fourth-order valence-electron chi connectivity index (χ4n) is 4.78. The van der Waals surface area contributed by atoms with Crippen molar-refractivity contribution in [2.24, 2.45) is 5.11 Å². The largest absolute Gasteiger partial charge is 0.494 e. The molecule has 2 heterocycles. The van der Waals surface area contributed by atoms with Gasteiger partial charge < -0.3 is 14.0 Å². The molecule has 9 heteroatoms. The highest BCUT2D eigenvalue weighted by molar-refractivity contribution is 7.10. The number of pyridine rings is 1. The minimum atomic E-state index is -0.606. The van der Waals surface area contributed by atoms with Crippen molar-refractivity contribution < 1.29 is 14.3 Å². The summed E-state index contributed by atoms with van der Waals surface area (Å²) in [6.45, 7) is 1.93. The van der Waals surface area contributed by atoms with E-state index in [-0.39, 0.29) is 29.7 Å². The molecule has 0 amide bonds. The van der Waals surface area contributed by atoms with Crippen LogP contribution in [0.4, 0.5) is 0 Å². The zero-order valence-electron chi connectivity index (χ0n) is 18.5. The van der Waals surface area contributed by atoms with Gasteiger partial charge in [-0.25, -0.2) is 4.79 Å². The first-order valence-corrected chi connectivity index (χ1v) is 12.0. The van der Waals surface area contributed by atoms with Crippen LogP contribution in [0.25, 0.3) is 32.5 Å². The van der Waals surface area contributed by atoms with Gasteiger partial charge in [0.15, 0.2) is 5.75 Å². The van der Waals surface area contributed by atoms with Crippen LogP contribution in [0.1, 0.15) is 65.5 Å². The standard InChI is InChI=1S/C24H24N4O4S/c1-3-32-24(30)16-11-28(13-7-8-13)21-15(22(16)29)10-9-14(23(21)31-2)17-12-33-19-6-4-5-18(20(17)19)26-27-25/h9-13,18H,3-8H2,1-2H3. The van der Waals surface area contributed by atoms with E-state index in [4.69, 9.17) is 15.0 Å². The van der Waals surface area contributed by atoms with E-state index in [0.29, 0.717) is 16.7 Å². The molecule has 3 aromatic rings. The van der Waals surface area contributed by atoms with Gasteiger partial charge in [0.2, 0.25) is 5.43 Å². The minimum absolute atomic E-state index is 0.0439. The third kappa shape index (κ3) is 3.57. The van der Waals surface area contributed by atoms with Gasteiger partial charge in [0.05, 0.1) is 30.7 Å². The number of carbonyl (C=O) groups is 1. The van der Waals surface area contributed by atoms with Gasteiger partial charge in [0.25, 0.3) is 0 Å². The molecule has 0 radical (unpaired) electrons. The van der Waals surface area contributed by atoms with Crippen molar-refractivity contribution in [2.45, 2.75) is 51.1 Å². The quantitative estimate of drug-likeness (QED) is 0.195. The van der Waals surface area contributed by atoms with Gasteiger partial charge in [-0.15, -0.1) is 11.3 Å². The molecule has 0 spiro atoms. The molecule has 5 rings (SSSR count). The molecule has 1 unspecified atom stereocenters. The van der Waals surface area contributed by atoms with Gasteiger partial charge in [-0.1, -0.05) is 5.11 Å². The molecule has 170 valence electrons. The molecule has 1 fully saturated rings. The van der Waals surface area contributed by atoms with Crippen LogP contribution in [0.2, 0.25) is 0 Å². The summed E-state index contributed by atoms with van der Waals surface area (Å²) in [5, 5.41) is 6.58. The Bertz CT molecular complexity index is 1370. The molecule has 1 aromatic carbocycles. The molecule has 0 N–H and O–H groups in total. The number of azide groups is 1. The molecular weight excluding hydrogens is 440 g/mol. The van der Waals surface area contributed by atoms with Crippen molar-refractivity contribution >= 4 is 28.2 Å². The zero-order valence-corrected chi connectivity index (χ0v) is 19.4. The number of benzene rings is 1. The molecule has 0 aliphatic heterocycles. The molecular formula is C24H24N4O4S. The molecule has 2 aliphatic rings. The van der Waals surface area contributed by atoms with Crippen LogP contribution in [0.15, 0.2) is 33.6 Å². The first kappa shape index (κ1) is 21.6. The minimum Gasteiger partial charge on any atom is -0.494 e. The summed E-state index contributed by atoms with van der Waals surface area (Å²) in [5.41, 5.74) is 12.4. The van der Waals surface area contributed by atoms with E-state index in [0.717, 1.165) is 48.8 Å². The van der Waals surface area contributed by atoms with Crippen molar-refractivity contribution in [1.82, 2.24) is 4.57 Å². The molecule has 2 aromatic heterocycles. The first-order valence-electron chi connectivity index (χ1n) is 11.2. The van der Waals surface area contributed by atoms with Gasteiger partial charge in [-0.3, -0.25) is 4.79 Å². The van der Waals surface area contributed by atoms with Crippen molar-refractivity contribution in [3.8, 4) is 16.9 Å². The fourth-order valence-corrected chi connectivity index (χ4v) is 5.93. The Morgan fingerprint density at radius 2 is 2.12 bits per heavy atom. The van der Waals surface area contributed by atoms with Crippen LogP contribution in [-0.4, -0.2) is 24.3 Å². The second-order valence-electron chi connectivity index (χ2n) is 8.37. The van der Waals surface area contributed by atoms with Crippen LogP contribution < -0.4 is 10.2 Å². The summed E-state index contributed by atoms with van der Waals surface area (Å²) in [6.07, 6.45) is 6.33. The van der Waals surface area contributed by atoms with Gasteiger partial charge in [0, 0.05) is 33.2 Å². The number of ether oxygens (including phenoxy) is 2. The average molecular weight is 465 g/mol. The van der Waals surface area contributed by atoms with Gasteiger partial charge >= 0.3 is 5.97 Å². The summed E-state index contributed by atoms with van der Waals surface area (Å²) in [5.74, 6) is -0.0104. The Balaban J connectivity index is 1.78. The summed E-state index contributed by atoms with van der Waals surface area (Å²) < 4.78 is 13.0. The highest BCUT2D eigenvalue weighted by Crippen LogP contribution is 2.48. The van der Waals surface area contributed by atoms with E-state index < -0.39 is 5.97 Å². The van der Waals surface area contributed by atoms with Crippen LogP contribution >= 0.6 is 11.3 Å². The molecule has 8 nitrogen and oxygen atoms in total. The van der Waals surface area contributed by atoms with Gasteiger partial charge in [0.1, 0.15) is 5.56 Å². The van der Waals surface area contributed by atoms with E-state index in [1.165, 1.54) is 4.88 Å². The predicted molar refractivity (Wildman–Crippen MR) is 127 cm³/mol. The lowest BCUT2D eigenvalue weighted by atomic mass is 9.88. The zero-order chi connectivity index (χ0) is 23.1. The van der Waals surface area contributed by atoms with E-state index in [2.05, 4.69) is 15.4 Å². The highest BCUT2D eigenvalue weighted by atomic mass is 32.1. The molecule has 33 heavy (non-hydrogen) atoms. The lowest BCUT2D eigenvalue weighted by Crippen LogP contribution is -2.21. The number of hydrogen-bond donors (Lipinski definition) is 0. The van der Waals surface area contributed by atoms with E-state index in [9.17, 15) is 9.59 Å². The number of fused-ring (bicyclic) bond motifs is 2. The van der Waals surface area contributed by atoms with Crippen LogP contribution in [0, 0.1) is 0 Å². The van der Waals surface area contributed by atoms with Crippen molar-refractivity contribution in [1.29, 1.82) is 0 Å². The van der Waals surface area contributed by atoms with Gasteiger partial charge in [-0.2, -0.15) is 0 Å². The topological polar surface area (TPSA) is 106 Å². The number of aryl methyl sites for hydroxylation is 1. The third-order valence-corrected chi connectivity index (χ3v) is 7.45. The van der Waals surface area contributed by atoms with Crippen LogP contribution in [0.3, 0.4) is 0 Å². The number of esters is 1. The monoisotopic (exact) mass is 464 g/mol. The summed E-state index contributed by atoms with van der Waals surface area (Å²) >= 11 is 1.67. The smallest absolute Gasteiger partial charge is 0.343 e. The number of rotatable bonds is 6. The second kappa shape index (κ2) is 8.57. The lowest BCUT2D eigenvalue weighted by molar-refractivity contribution is 0.0524. The maximum Gasteiger partial charge on any atom is 0.343 e. The summed E-state index contributed by atoms with van der Waals surface area (Å²) in [7, 11) is 1.60. The van der Waals surface area contributed by atoms with Gasteiger partial charge in [-0.05, 0) is 67.6 Å². The SMILES string of the molecule is CCOC(=O)c1cn(C2CC2)c2c(OC)c(-c3csc4c3C(N=[N+]=[N-])CCC4)ccc2c1=O. The molecule has 0 saturated heterocycles. The third-order valence-electron chi connectivity index (χ3n) is 6.39. The molecule has 1 saturated carbocycles. The average Bonchev–Trinajstić information content (AvgIpc) is 3.57. The van der Waals surface area contributed by atoms with Crippen LogP contribution in [0.5, 0.6) is 5.75 Å². The normalized spacial score (nSPS) is 17.3. The number of carbonyl (C=O) groups excluding carboxylic acids is 1. The number of aromatic nitrogens is 1. The van der Waals surface area contributed by atoms with Crippen molar-refractivity contribution in [3.63, 3.8) is 0 Å². The van der Waals surface area contributed by atoms with E-state index >= 15 is 0 Å². The molecule has 2 aliphatic carbocycles. The Hall–Kier alpha value is -3.29. The second-order valence-corrected chi connectivity index (χ2v) is 9.34. The molecule has 0 bridgehead atoms. The molecule has 1 atom stereocenters. The number of thiophene rings is 1. The lowest BCUT2D eigenvalue weighted by Gasteiger charge is -2.22. The Labute approximate surface area is 194 Å². The fraction of sp³-hybridized carbons (Fsp3) is 0.417. The van der Waals surface area contributed by atoms with E-state index in [1.807, 2.05) is 10.6 Å². The predicted octanol–water partition coefficient (Wildman–Crippen LogP) is 5.94. The number of nitrogens with zero attached hydrogens (tertiary/aromatic N) is 4. The van der Waals surface area contributed by atoms with Crippen molar-refractivity contribution in [2.75, 3.05) is 13.7 Å².